The van der Waals surface area contributed by atoms with Crippen LogP contribution in [-0.4, -0.2) is 9.55 Å². The summed E-state index contributed by atoms with van der Waals surface area (Å²) in [5, 5.41) is 0. The van der Waals surface area contributed by atoms with Crippen LogP contribution in [0.25, 0.3) is 11.0 Å². The first kappa shape index (κ1) is 11.1. The van der Waals surface area contributed by atoms with Crippen molar-refractivity contribution in [1.82, 2.24) is 9.55 Å². The molecule has 0 bridgehead atoms. The molecule has 0 spiro atoms. The van der Waals surface area contributed by atoms with Crippen molar-refractivity contribution in [3.05, 3.63) is 29.6 Å². The Labute approximate surface area is 96.3 Å². The summed E-state index contributed by atoms with van der Waals surface area (Å²) < 4.78 is 2.18. The molecule has 1 atom stereocenters. The predicted octanol–water partition coefficient (Wildman–Crippen LogP) is 2.55. The van der Waals surface area contributed by atoms with Gasteiger partial charge in [0.15, 0.2) is 0 Å². The SMILES string of the molecule is CCC(C)c1nc2ccc(CN)cc2n1C. The Morgan fingerprint density at radius 2 is 2.19 bits per heavy atom. The van der Waals surface area contributed by atoms with E-state index in [1.54, 1.807) is 0 Å². The number of hydrogen-bond donors (Lipinski definition) is 1. The minimum Gasteiger partial charge on any atom is -0.331 e. The summed E-state index contributed by atoms with van der Waals surface area (Å²) in [6.07, 6.45) is 1.11. The zero-order valence-corrected chi connectivity index (χ0v) is 10.2. The summed E-state index contributed by atoms with van der Waals surface area (Å²) in [5.74, 6) is 1.66. The fraction of sp³-hybridized carbons (Fsp3) is 0.462. The first-order valence-corrected chi connectivity index (χ1v) is 5.82. The molecule has 0 saturated carbocycles. The van der Waals surface area contributed by atoms with Crippen molar-refractivity contribution in [2.75, 3.05) is 0 Å². The number of imidazole rings is 1. The van der Waals surface area contributed by atoms with E-state index >= 15 is 0 Å². The average Bonchev–Trinajstić information content (AvgIpc) is 2.65. The van der Waals surface area contributed by atoms with Crippen LogP contribution in [0.3, 0.4) is 0 Å². The lowest BCUT2D eigenvalue weighted by atomic mass is 10.1. The summed E-state index contributed by atoms with van der Waals surface area (Å²) in [7, 11) is 2.08. The maximum Gasteiger partial charge on any atom is 0.112 e. The quantitative estimate of drug-likeness (QED) is 0.858. The van der Waals surface area contributed by atoms with Gasteiger partial charge in [-0.2, -0.15) is 0 Å². The molecule has 86 valence electrons. The molecule has 2 aromatic rings. The van der Waals surface area contributed by atoms with Crippen LogP contribution in [0, 0.1) is 0 Å². The third-order valence-electron chi connectivity index (χ3n) is 3.27. The molecular formula is C13H19N3. The Morgan fingerprint density at radius 3 is 2.81 bits per heavy atom. The molecule has 16 heavy (non-hydrogen) atoms. The molecule has 0 saturated heterocycles. The normalized spacial score (nSPS) is 13.2. The molecule has 0 radical (unpaired) electrons. The summed E-state index contributed by atoms with van der Waals surface area (Å²) in [4.78, 5) is 4.68. The third kappa shape index (κ3) is 1.71. The number of hydrogen-bond acceptors (Lipinski definition) is 2. The molecular weight excluding hydrogens is 198 g/mol. The van der Waals surface area contributed by atoms with E-state index in [0.29, 0.717) is 12.5 Å². The summed E-state index contributed by atoms with van der Waals surface area (Å²) >= 11 is 0. The number of aromatic nitrogens is 2. The third-order valence-corrected chi connectivity index (χ3v) is 3.27. The maximum absolute atomic E-state index is 5.65. The molecule has 1 unspecified atom stereocenters. The molecule has 1 aromatic carbocycles. The second-order valence-electron chi connectivity index (χ2n) is 4.37. The summed E-state index contributed by atoms with van der Waals surface area (Å²) in [6.45, 7) is 4.99. The molecule has 3 heteroatoms. The number of aryl methyl sites for hydroxylation is 1. The smallest absolute Gasteiger partial charge is 0.112 e. The minimum atomic E-state index is 0.499. The van der Waals surface area contributed by atoms with Gasteiger partial charge in [-0.15, -0.1) is 0 Å². The average molecular weight is 217 g/mol. The number of nitrogens with zero attached hydrogens (tertiary/aromatic N) is 2. The first-order chi connectivity index (χ1) is 7.67. The van der Waals surface area contributed by atoms with E-state index in [-0.39, 0.29) is 0 Å². The largest absolute Gasteiger partial charge is 0.331 e. The van der Waals surface area contributed by atoms with Crippen LogP contribution in [0.2, 0.25) is 0 Å². The standard InChI is InChI=1S/C13H19N3/c1-4-9(2)13-15-11-6-5-10(8-14)7-12(11)16(13)3/h5-7,9H,4,8,14H2,1-3H3. The van der Waals surface area contributed by atoms with Crippen molar-refractivity contribution in [2.45, 2.75) is 32.7 Å². The molecule has 0 amide bonds. The van der Waals surface area contributed by atoms with Crippen LogP contribution in [0.4, 0.5) is 0 Å². The Kier molecular flexibility index (Phi) is 2.97. The molecule has 1 heterocycles. The second kappa shape index (κ2) is 4.26. The lowest BCUT2D eigenvalue weighted by molar-refractivity contribution is 0.649. The van der Waals surface area contributed by atoms with Crippen LogP contribution in [0.5, 0.6) is 0 Å². The van der Waals surface area contributed by atoms with Crippen molar-refractivity contribution in [1.29, 1.82) is 0 Å². The highest BCUT2D eigenvalue weighted by Crippen LogP contribution is 2.23. The van der Waals surface area contributed by atoms with Crippen molar-refractivity contribution < 1.29 is 0 Å². The predicted molar refractivity (Wildman–Crippen MR) is 67.3 cm³/mol. The van der Waals surface area contributed by atoms with E-state index in [0.717, 1.165) is 23.3 Å². The van der Waals surface area contributed by atoms with E-state index < -0.39 is 0 Å². The van der Waals surface area contributed by atoms with E-state index in [4.69, 9.17) is 5.73 Å². The fourth-order valence-electron chi connectivity index (χ4n) is 2.00. The van der Waals surface area contributed by atoms with Crippen LogP contribution in [0.15, 0.2) is 18.2 Å². The number of benzene rings is 1. The van der Waals surface area contributed by atoms with Crippen LogP contribution >= 0.6 is 0 Å². The molecule has 0 aliphatic heterocycles. The minimum absolute atomic E-state index is 0.499. The maximum atomic E-state index is 5.65. The highest BCUT2D eigenvalue weighted by Gasteiger charge is 2.12. The topological polar surface area (TPSA) is 43.8 Å². The molecule has 2 rings (SSSR count). The second-order valence-corrected chi connectivity index (χ2v) is 4.37. The highest BCUT2D eigenvalue weighted by molar-refractivity contribution is 5.77. The molecule has 1 aromatic heterocycles. The fourth-order valence-corrected chi connectivity index (χ4v) is 2.00. The van der Waals surface area contributed by atoms with E-state index in [9.17, 15) is 0 Å². The van der Waals surface area contributed by atoms with Crippen molar-refractivity contribution in [2.24, 2.45) is 12.8 Å². The molecule has 0 aliphatic rings. The molecule has 0 aliphatic carbocycles. The van der Waals surface area contributed by atoms with E-state index in [1.807, 2.05) is 0 Å². The lowest BCUT2D eigenvalue weighted by Crippen LogP contribution is -2.02. The van der Waals surface area contributed by atoms with Crippen molar-refractivity contribution >= 4 is 11.0 Å². The van der Waals surface area contributed by atoms with Gasteiger partial charge in [0, 0.05) is 19.5 Å². The molecule has 2 N–H and O–H groups in total. The van der Waals surface area contributed by atoms with Crippen LogP contribution < -0.4 is 5.73 Å². The Hall–Kier alpha value is -1.35. The van der Waals surface area contributed by atoms with Crippen LogP contribution in [-0.2, 0) is 13.6 Å². The summed E-state index contributed by atoms with van der Waals surface area (Å²) in [5.41, 5.74) is 9.06. The monoisotopic (exact) mass is 217 g/mol. The van der Waals surface area contributed by atoms with Gasteiger partial charge in [0.05, 0.1) is 11.0 Å². The number of rotatable bonds is 3. The highest BCUT2D eigenvalue weighted by atomic mass is 15.1. The first-order valence-electron chi connectivity index (χ1n) is 5.82. The number of fused-ring (bicyclic) bond motifs is 1. The van der Waals surface area contributed by atoms with Gasteiger partial charge in [0.25, 0.3) is 0 Å². The van der Waals surface area contributed by atoms with E-state index in [1.165, 1.54) is 5.52 Å². The van der Waals surface area contributed by atoms with Crippen LogP contribution in [0.1, 0.15) is 37.6 Å². The summed E-state index contributed by atoms with van der Waals surface area (Å²) in [6, 6.07) is 6.24. The van der Waals surface area contributed by atoms with Gasteiger partial charge in [-0.25, -0.2) is 4.98 Å². The Morgan fingerprint density at radius 1 is 1.44 bits per heavy atom. The van der Waals surface area contributed by atoms with Gasteiger partial charge >= 0.3 is 0 Å². The van der Waals surface area contributed by atoms with Gasteiger partial charge in [-0.05, 0) is 24.1 Å². The van der Waals surface area contributed by atoms with Gasteiger partial charge in [-0.1, -0.05) is 19.9 Å². The number of nitrogens with two attached hydrogens (primary N) is 1. The molecule has 0 fully saturated rings. The van der Waals surface area contributed by atoms with Gasteiger partial charge in [0.2, 0.25) is 0 Å². The zero-order valence-electron chi connectivity index (χ0n) is 10.2. The van der Waals surface area contributed by atoms with E-state index in [2.05, 4.69) is 48.6 Å². The zero-order chi connectivity index (χ0) is 11.7. The Balaban J connectivity index is 2.59. The van der Waals surface area contributed by atoms with Crippen molar-refractivity contribution in [3.8, 4) is 0 Å². The van der Waals surface area contributed by atoms with Gasteiger partial charge < -0.3 is 10.3 Å². The molecule has 3 nitrogen and oxygen atoms in total. The Bertz CT molecular complexity index is 499. The van der Waals surface area contributed by atoms with Gasteiger partial charge in [-0.3, -0.25) is 0 Å². The lowest BCUT2D eigenvalue weighted by Gasteiger charge is -2.08. The van der Waals surface area contributed by atoms with Gasteiger partial charge in [0.1, 0.15) is 5.82 Å². The van der Waals surface area contributed by atoms with Crippen molar-refractivity contribution in [3.63, 3.8) is 0 Å².